The van der Waals surface area contributed by atoms with Crippen LogP contribution in [0.3, 0.4) is 0 Å². The third-order valence-electron chi connectivity index (χ3n) is 3.93. The average molecular weight is 452 g/mol. The van der Waals surface area contributed by atoms with Crippen molar-refractivity contribution in [1.29, 1.82) is 0 Å². The van der Waals surface area contributed by atoms with E-state index in [1.807, 2.05) is 0 Å². The Balaban J connectivity index is 1.78. The summed E-state index contributed by atoms with van der Waals surface area (Å²) in [6, 6.07) is 17.7. The molecule has 0 heterocycles. The van der Waals surface area contributed by atoms with E-state index in [1.54, 1.807) is 48.5 Å². The summed E-state index contributed by atoms with van der Waals surface area (Å²) in [5.74, 6) is 4.77. The van der Waals surface area contributed by atoms with Crippen molar-refractivity contribution < 1.29 is 18.7 Å². The molecular weight excluding hydrogens is 437 g/mol. The number of halogens is 2. The van der Waals surface area contributed by atoms with E-state index in [0.717, 1.165) is 0 Å². The molecule has 3 rings (SSSR count). The predicted molar refractivity (Wildman–Crippen MR) is 112 cm³/mol. The average Bonchev–Trinajstić information content (AvgIpc) is 2.72. The number of amides is 1. The highest BCUT2D eigenvalue weighted by atomic mass is 79.9. The maximum Gasteiger partial charge on any atom is 0.337 e. The molecule has 29 heavy (non-hydrogen) atoms. The fourth-order valence-corrected chi connectivity index (χ4v) is 3.06. The van der Waals surface area contributed by atoms with E-state index < -0.39 is 11.8 Å². The van der Waals surface area contributed by atoms with Gasteiger partial charge in [-0.3, -0.25) is 4.79 Å². The van der Waals surface area contributed by atoms with E-state index in [2.05, 4.69) is 33.1 Å². The molecule has 144 valence electrons. The second kappa shape index (κ2) is 9.18. The lowest BCUT2D eigenvalue weighted by Gasteiger charge is -2.07. The Hall–Kier alpha value is -3.43. The highest BCUT2D eigenvalue weighted by molar-refractivity contribution is 9.10. The highest BCUT2D eigenvalue weighted by Crippen LogP contribution is 2.20. The van der Waals surface area contributed by atoms with Gasteiger partial charge in [0.1, 0.15) is 5.82 Å². The van der Waals surface area contributed by atoms with Crippen LogP contribution >= 0.6 is 15.9 Å². The van der Waals surface area contributed by atoms with Crippen LogP contribution in [0.1, 0.15) is 31.8 Å². The van der Waals surface area contributed by atoms with E-state index in [1.165, 1.54) is 25.3 Å². The van der Waals surface area contributed by atoms with Crippen molar-refractivity contribution in [2.24, 2.45) is 0 Å². The van der Waals surface area contributed by atoms with Gasteiger partial charge >= 0.3 is 5.97 Å². The summed E-state index contributed by atoms with van der Waals surface area (Å²) >= 11 is 3.19. The molecule has 4 nitrogen and oxygen atoms in total. The quantitative estimate of drug-likeness (QED) is 0.448. The third kappa shape index (κ3) is 5.31. The number of hydrogen-bond acceptors (Lipinski definition) is 3. The van der Waals surface area contributed by atoms with Crippen LogP contribution in [0.2, 0.25) is 0 Å². The molecule has 0 aliphatic carbocycles. The monoisotopic (exact) mass is 451 g/mol. The Morgan fingerprint density at radius 2 is 1.66 bits per heavy atom. The molecule has 0 spiro atoms. The normalized spacial score (nSPS) is 9.90. The van der Waals surface area contributed by atoms with Gasteiger partial charge in [0, 0.05) is 21.3 Å². The molecule has 1 N–H and O–H groups in total. The van der Waals surface area contributed by atoms with Crippen molar-refractivity contribution >= 4 is 33.5 Å². The highest BCUT2D eigenvalue weighted by Gasteiger charge is 2.11. The van der Waals surface area contributed by atoms with Crippen molar-refractivity contribution in [1.82, 2.24) is 0 Å². The zero-order valence-corrected chi connectivity index (χ0v) is 16.9. The van der Waals surface area contributed by atoms with Gasteiger partial charge in [-0.2, -0.15) is 0 Å². The Kier molecular flexibility index (Phi) is 6.43. The van der Waals surface area contributed by atoms with Gasteiger partial charge in [0.2, 0.25) is 0 Å². The summed E-state index contributed by atoms with van der Waals surface area (Å²) in [6.07, 6.45) is 0. The maximum absolute atomic E-state index is 13.2. The molecule has 0 unspecified atom stereocenters. The number of carbonyl (C=O) groups is 2. The molecule has 0 fully saturated rings. The van der Waals surface area contributed by atoms with Crippen LogP contribution in [-0.4, -0.2) is 19.0 Å². The van der Waals surface area contributed by atoms with Gasteiger partial charge in [0.15, 0.2) is 0 Å². The molecule has 0 atom stereocenters. The number of rotatable bonds is 3. The van der Waals surface area contributed by atoms with Crippen molar-refractivity contribution in [2.45, 2.75) is 0 Å². The first-order chi connectivity index (χ1) is 14.0. The predicted octanol–water partition coefficient (Wildman–Crippen LogP) is 5.03. The standard InChI is InChI=1S/C23H15BrFNO3/c1-29-23(28)17-6-2-4-15(12-17)8-9-16-5-3-7-19(13-16)26-22(27)20-11-10-18(25)14-21(20)24/h2-7,10-14H,1H3,(H,26,27). The zero-order valence-electron chi connectivity index (χ0n) is 15.3. The SMILES string of the molecule is COC(=O)c1cccc(C#Cc2cccc(NC(=O)c3ccc(F)cc3Br)c2)c1. The van der Waals surface area contributed by atoms with Gasteiger partial charge < -0.3 is 10.1 Å². The summed E-state index contributed by atoms with van der Waals surface area (Å²) in [5.41, 5.74) is 2.65. The number of hydrogen-bond donors (Lipinski definition) is 1. The van der Waals surface area contributed by atoms with Crippen LogP contribution in [-0.2, 0) is 4.74 Å². The topological polar surface area (TPSA) is 55.4 Å². The van der Waals surface area contributed by atoms with E-state index in [0.29, 0.717) is 32.4 Å². The summed E-state index contributed by atoms with van der Waals surface area (Å²) in [5, 5.41) is 2.77. The summed E-state index contributed by atoms with van der Waals surface area (Å²) in [4.78, 5) is 24.0. The third-order valence-corrected chi connectivity index (χ3v) is 4.59. The van der Waals surface area contributed by atoms with Gasteiger partial charge in [0.25, 0.3) is 5.91 Å². The van der Waals surface area contributed by atoms with Gasteiger partial charge in [-0.05, 0) is 70.5 Å². The van der Waals surface area contributed by atoms with Gasteiger partial charge in [-0.1, -0.05) is 24.0 Å². The summed E-state index contributed by atoms with van der Waals surface area (Å²) < 4.78 is 18.3. The van der Waals surface area contributed by atoms with Crippen LogP contribution in [0.25, 0.3) is 0 Å². The lowest BCUT2D eigenvalue weighted by molar-refractivity contribution is 0.0600. The summed E-state index contributed by atoms with van der Waals surface area (Å²) in [7, 11) is 1.32. The fraction of sp³-hybridized carbons (Fsp3) is 0.0435. The summed E-state index contributed by atoms with van der Waals surface area (Å²) in [6.45, 7) is 0. The van der Waals surface area contributed by atoms with Crippen LogP contribution < -0.4 is 5.32 Å². The second-order valence-corrected chi connectivity index (χ2v) is 6.84. The van der Waals surface area contributed by atoms with Gasteiger partial charge in [0.05, 0.1) is 18.2 Å². The molecule has 0 saturated carbocycles. The van der Waals surface area contributed by atoms with Gasteiger partial charge in [-0.25, -0.2) is 9.18 Å². The van der Waals surface area contributed by atoms with Crippen molar-refractivity contribution in [3.05, 3.63) is 99.3 Å². The first kappa shape index (κ1) is 20.3. The molecule has 0 aliphatic heterocycles. The molecule has 1 amide bonds. The number of anilines is 1. The Morgan fingerprint density at radius 3 is 2.34 bits per heavy atom. The number of nitrogens with one attached hydrogen (secondary N) is 1. The Morgan fingerprint density at radius 1 is 0.966 bits per heavy atom. The van der Waals surface area contributed by atoms with Crippen molar-refractivity contribution in [3.8, 4) is 11.8 Å². The molecule has 3 aromatic rings. The Bertz CT molecular complexity index is 1150. The molecular formula is C23H15BrFNO3. The number of ether oxygens (including phenoxy) is 1. The van der Waals surface area contributed by atoms with Crippen LogP contribution in [0, 0.1) is 17.7 Å². The van der Waals surface area contributed by atoms with Crippen LogP contribution in [0.15, 0.2) is 71.2 Å². The minimum absolute atomic E-state index is 0.322. The van der Waals surface area contributed by atoms with Crippen LogP contribution in [0.4, 0.5) is 10.1 Å². The number of methoxy groups -OCH3 is 1. The van der Waals surface area contributed by atoms with E-state index >= 15 is 0 Å². The minimum Gasteiger partial charge on any atom is -0.465 e. The molecule has 0 aliphatic rings. The van der Waals surface area contributed by atoms with Crippen LogP contribution in [0.5, 0.6) is 0 Å². The van der Waals surface area contributed by atoms with Crippen molar-refractivity contribution in [2.75, 3.05) is 12.4 Å². The second-order valence-electron chi connectivity index (χ2n) is 5.98. The number of carbonyl (C=O) groups excluding carboxylic acids is 2. The lowest BCUT2D eigenvalue weighted by atomic mass is 10.1. The molecule has 0 radical (unpaired) electrons. The first-order valence-electron chi connectivity index (χ1n) is 8.53. The molecule has 0 aromatic heterocycles. The lowest BCUT2D eigenvalue weighted by Crippen LogP contribution is -2.12. The zero-order chi connectivity index (χ0) is 20.8. The molecule has 3 aromatic carbocycles. The maximum atomic E-state index is 13.2. The number of benzene rings is 3. The fourth-order valence-electron chi connectivity index (χ4n) is 2.53. The smallest absolute Gasteiger partial charge is 0.337 e. The van der Waals surface area contributed by atoms with E-state index in [4.69, 9.17) is 4.74 Å². The van der Waals surface area contributed by atoms with E-state index in [-0.39, 0.29) is 5.91 Å². The molecule has 0 bridgehead atoms. The Labute approximate surface area is 175 Å². The molecule has 0 saturated heterocycles. The van der Waals surface area contributed by atoms with Gasteiger partial charge in [-0.15, -0.1) is 0 Å². The minimum atomic E-state index is -0.429. The van der Waals surface area contributed by atoms with E-state index in [9.17, 15) is 14.0 Å². The van der Waals surface area contributed by atoms with Crippen molar-refractivity contribution in [3.63, 3.8) is 0 Å². The molecule has 6 heteroatoms. The largest absolute Gasteiger partial charge is 0.465 e. The first-order valence-corrected chi connectivity index (χ1v) is 9.32. The number of esters is 1.